The Hall–Kier alpha value is -2.63. The minimum atomic E-state index is 0.102. The van der Waals surface area contributed by atoms with Crippen LogP contribution in [-0.2, 0) is 11.2 Å². The summed E-state index contributed by atoms with van der Waals surface area (Å²) in [6.07, 6.45) is 8.07. The summed E-state index contributed by atoms with van der Waals surface area (Å²) in [5.74, 6) is 0.569. The Morgan fingerprint density at radius 1 is 1.03 bits per heavy atom. The molecule has 0 bridgehead atoms. The van der Waals surface area contributed by atoms with E-state index in [1.54, 1.807) is 6.20 Å². The number of carbonyl (C=O) groups excluding carboxylic acids is 2. The van der Waals surface area contributed by atoms with Crippen LogP contribution in [0, 0.1) is 0 Å². The Morgan fingerprint density at radius 3 is 2.39 bits per heavy atom. The zero-order valence-electron chi connectivity index (χ0n) is 18.7. The van der Waals surface area contributed by atoms with Gasteiger partial charge >= 0.3 is 0 Å². The van der Waals surface area contributed by atoms with Gasteiger partial charge in [0, 0.05) is 37.5 Å². The van der Waals surface area contributed by atoms with Crippen LogP contribution >= 0.6 is 0 Å². The van der Waals surface area contributed by atoms with E-state index >= 15 is 0 Å². The van der Waals surface area contributed by atoms with Gasteiger partial charge in [0.1, 0.15) is 0 Å². The van der Waals surface area contributed by atoms with Crippen molar-refractivity contribution in [3.05, 3.63) is 53.3 Å². The molecule has 1 aromatic carbocycles. The summed E-state index contributed by atoms with van der Waals surface area (Å²) in [4.78, 5) is 30.0. The van der Waals surface area contributed by atoms with Crippen LogP contribution in [-0.4, -0.2) is 57.0 Å². The first kappa shape index (κ1) is 21.6. The highest BCUT2D eigenvalue weighted by molar-refractivity contribution is 5.95. The molecule has 2 fully saturated rings. The molecule has 4 rings (SSSR count). The fourth-order valence-corrected chi connectivity index (χ4v) is 5.21. The van der Waals surface area contributed by atoms with Gasteiger partial charge < -0.3 is 9.80 Å². The van der Waals surface area contributed by atoms with Gasteiger partial charge in [0.05, 0.1) is 17.5 Å². The molecule has 166 valence electrons. The number of H-pyrrole nitrogens is 1. The van der Waals surface area contributed by atoms with Gasteiger partial charge in [-0.1, -0.05) is 30.3 Å². The van der Waals surface area contributed by atoms with Crippen LogP contribution in [0.2, 0.25) is 0 Å². The summed E-state index contributed by atoms with van der Waals surface area (Å²) < 4.78 is 0. The maximum Gasteiger partial charge on any atom is 0.257 e. The molecule has 0 saturated carbocycles. The molecule has 2 saturated heterocycles. The monoisotopic (exact) mass is 422 g/mol. The molecular weight excluding hydrogens is 388 g/mol. The molecule has 0 unspecified atom stereocenters. The number of aryl methyl sites for hydroxylation is 1. The normalized spacial score (nSPS) is 22.5. The van der Waals surface area contributed by atoms with Crippen molar-refractivity contribution in [3.8, 4) is 0 Å². The number of aromatic amines is 1. The van der Waals surface area contributed by atoms with Gasteiger partial charge in [0.2, 0.25) is 5.91 Å². The van der Waals surface area contributed by atoms with Gasteiger partial charge in [0.15, 0.2) is 0 Å². The summed E-state index contributed by atoms with van der Waals surface area (Å²) in [6, 6.07) is 10.7. The van der Waals surface area contributed by atoms with E-state index in [1.165, 1.54) is 12.0 Å². The van der Waals surface area contributed by atoms with Crippen LogP contribution in [0.15, 0.2) is 36.5 Å². The van der Waals surface area contributed by atoms with Crippen molar-refractivity contribution >= 4 is 11.8 Å². The maximum atomic E-state index is 13.3. The molecule has 0 aliphatic carbocycles. The fourth-order valence-electron chi connectivity index (χ4n) is 5.21. The second-order valence-corrected chi connectivity index (χ2v) is 9.18. The largest absolute Gasteiger partial charge is 0.343 e. The third kappa shape index (κ3) is 4.83. The highest BCUT2D eigenvalue weighted by Crippen LogP contribution is 2.32. The molecule has 0 spiro atoms. The lowest BCUT2D eigenvalue weighted by atomic mass is 9.90. The van der Waals surface area contributed by atoms with Gasteiger partial charge in [-0.05, 0) is 57.9 Å². The van der Waals surface area contributed by atoms with Crippen LogP contribution in [0.1, 0.15) is 79.9 Å². The molecule has 2 aliphatic heterocycles. The molecule has 1 N–H and O–H groups in total. The molecule has 2 aliphatic rings. The van der Waals surface area contributed by atoms with Gasteiger partial charge in [-0.2, -0.15) is 5.10 Å². The number of nitrogens with one attached hydrogen (secondary N) is 1. The van der Waals surface area contributed by atoms with Crippen LogP contribution in [0.5, 0.6) is 0 Å². The number of benzene rings is 1. The standard InChI is InChI=1S/C25H34N4O2/c1-18-7-6-8-19(2)29(18)25(31)22-17-26-27-24(22)21-13-15-28(16-14-21)23(30)12-11-20-9-4-3-5-10-20/h3-5,9-10,17-19,21H,6-8,11-16H2,1-2H3,(H,26,27)/t18-,19+. The molecule has 2 aromatic rings. The van der Waals surface area contributed by atoms with E-state index in [0.717, 1.165) is 56.5 Å². The molecule has 6 heteroatoms. The number of nitrogens with zero attached hydrogens (tertiary/aromatic N) is 3. The molecule has 3 heterocycles. The molecular formula is C25H34N4O2. The second kappa shape index (κ2) is 9.67. The van der Waals surface area contributed by atoms with Gasteiger partial charge in [-0.15, -0.1) is 0 Å². The highest BCUT2D eigenvalue weighted by atomic mass is 16.2. The van der Waals surface area contributed by atoms with Crippen molar-refractivity contribution in [1.29, 1.82) is 0 Å². The van der Waals surface area contributed by atoms with E-state index in [2.05, 4.69) is 36.2 Å². The Bertz CT molecular complexity index is 876. The summed E-state index contributed by atoms with van der Waals surface area (Å²) in [6.45, 7) is 5.77. The van der Waals surface area contributed by atoms with Crippen molar-refractivity contribution in [1.82, 2.24) is 20.0 Å². The fraction of sp³-hybridized carbons (Fsp3) is 0.560. The van der Waals surface area contributed by atoms with Crippen LogP contribution < -0.4 is 0 Å². The zero-order valence-corrected chi connectivity index (χ0v) is 18.7. The highest BCUT2D eigenvalue weighted by Gasteiger charge is 2.34. The summed E-state index contributed by atoms with van der Waals surface area (Å²) >= 11 is 0. The van der Waals surface area contributed by atoms with Crippen LogP contribution in [0.3, 0.4) is 0 Å². The third-order valence-corrected chi connectivity index (χ3v) is 7.05. The number of likely N-dealkylation sites (tertiary alicyclic amines) is 2. The number of amides is 2. The number of rotatable bonds is 5. The Morgan fingerprint density at radius 2 is 1.71 bits per heavy atom. The predicted octanol–water partition coefficient (Wildman–Crippen LogP) is 4.15. The first-order valence-electron chi connectivity index (χ1n) is 11.7. The second-order valence-electron chi connectivity index (χ2n) is 9.18. The van der Waals surface area contributed by atoms with Gasteiger partial charge in [-0.25, -0.2) is 0 Å². The van der Waals surface area contributed by atoms with Crippen LogP contribution in [0.25, 0.3) is 0 Å². The SMILES string of the molecule is C[C@@H]1CCC[C@H](C)N1C(=O)c1cn[nH]c1C1CCN(C(=O)CCc2ccccc2)CC1. The average molecular weight is 423 g/mol. The van der Waals surface area contributed by atoms with E-state index in [9.17, 15) is 9.59 Å². The Kier molecular flexibility index (Phi) is 6.73. The van der Waals surface area contributed by atoms with E-state index < -0.39 is 0 Å². The Balaban J connectivity index is 1.35. The van der Waals surface area contributed by atoms with E-state index in [-0.39, 0.29) is 29.8 Å². The molecule has 31 heavy (non-hydrogen) atoms. The summed E-state index contributed by atoms with van der Waals surface area (Å²) in [5.41, 5.74) is 2.87. The minimum Gasteiger partial charge on any atom is -0.343 e. The molecule has 2 amide bonds. The van der Waals surface area contributed by atoms with E-state index in [1.807, 2.05) is 28.0 Å². The van der Waals surface area contributed by atoms with Crippen molar-refractivity contribution in [2.75, 3.05) is 13.1 Å². The van der Waals surface area contributed by atoms with Gasteiger partial charge in [0.25, 0.3) is 5.91 Å². The zero-order chi connectivity index (χ0) is 21.8. The smallest absolute Gasteiger partial charge is 0.257 e. The molecule has 2 atom stereocenters. The molecule has 1 aromatic heterocycles. The number of hydrogen-bond acceptors (Lipinski definition) is 3. The quantitative estimate of drug-likeness (QED) is 0.787. The lowest BCUT2D eigenvalue weighted by Crippen LogP contribution is -2.47. The maximum absolute atomic E-state index is 13.3. The first-order chi connectivity index (χ1) is 15.0. The number of hydrogen-bond donors (Lipinski definition) is 1. The van der Waals surface area contributed by atoms with Crippen molar-refractivity contribution < 1.29 is 9.59 Å². The lowest BCUT2D eigenvalue weighted by molar-refractivity contribution is -0.132. The Labute approximate surface area is 185 Å². The molecule has 6 nitrogen and oxygen atoms in total. The number of piperidine rings is 2. The number of carbonyl (C=O) groups is 2. The molecule has 0 radical (unpaired) electrons. The summed E-state index contributed by atoms with van der Waals surface area (Å²) in [7, 11) is 0. The number of aromatic nitrogens is 2. The first-order valence-corrected chi connectivity index (χ1v) is 11.7. The summed E-state index contributed by atoms with van der Waals surface area (Å²) in [5, 5.41) is 7.34. The minimum absolute atomic E-state index is 0.102. The topological polar surface area (TPSA) is 69.3 Å². The average Bonchev–Trinajstić information content (AvgIpc) is 3.28. The van der Waals surface area contributed by atoms with E-state index in [0.29, 0.717) is 6.42 Å². The van der Waals surface area contributed by atoms with Crippen molar-refractivity contribution in [2.24, 2.45) is 0 Å². The van der Waals surface area contributed by atoms with Crippen molar-refractivity contribution in [3.63, 3.8) is 0 Å². The predicted molar refractivity (Wildman–Crippen MR) is 121 cm³/mol. The van der Waals surface area contributed by atoms with Gasteiger partial charge in [-0.3, -0.25) is 14.7 Å². The van der Waals surface area contributed by atoms with E-state index in [4.69, 9.17) is 0 Å². The van der Waals surface area contributed by atoms with Crippen LogP contribution in [0.4, 0.5) is 0 Å². The van der Waals surface area contributed by atoms with Crippen molar-refractivity contribution in [2.45, 2.75) is 76.8 Å². The lowest BCUT2D eigenvalue weighted by Gasteiger charge is -2.39. The third-order valence-electron chi connectivity index (χ3n) is 7.05.